The van der Waals surface area contributed by atoms with Crippen molar-refractivity contribution < 1.29 is 9.53 Å². The molecule has 0 aromatic heterocycles. The lowest BCUT2D eigenvalue weighted by molar-refractivity contribution is -0.135. The molecule has 3 rings (SSSR count). The smallest absolute Gasteiger partial charge is 0.353 e. The van der Waals surface area contributed by atoms with Gasteiger partial charge in [-0.15, -0.1) is 0 Å². The summed E-state index contributed by atoms with van der Waals surface area (Å²) in [5, 5.41) is 0. The molecular weight excluding hydrogens is 214 g/mol. The van der Waals surface area contributed by atoms with Gasteiger partial charge in [-0.1, -0.05) is 17.7 Å². The Bertz CT molecular complexity index is 506. The zero-order valence-corrected chi connectivity index (χ0v) is 9.95. The van der Waals surface area contributed by atoms with Crippen LogP contribution in [-0.2, 0) is 9.53 Å². The number of rotatable bonds is 2. The molecule has 1 heterocycles. The van der Waals surface area contributed by atoms with Crippen molar-refractivity contribution in [1.82, 2.24) is 0 Å². The summed E-state index contributed by atoms with van der Waals surface area (Å²) in [6, 6.07) is 0. The molecule has 0 spiro atoms. The Balaban J connectivity index is 1.84. The summed E-state index contributed by atoms with van der Waals surface area (Å²) in [7, 11) is 0. The van der Waals surface area contributed by atoms with Gasteiger partial charge in [-0.25, -0.2) is 9.79 Å². The number of aliphatic imine (C=N–C) groups is 1. The molecule has 0 fully saturated rings. The summed E-state index contributed by atoms with van der Waals surface area (Å²) in [5.74, 6) is -0.258. The number of esters is 1. The molecule has 0 aromatic rings. The lowest BCUT2D eigenvalue weighted by atomic mass is 9.89. The van der Waals surface area contributed by atoms with Gasteiger partial charge in [-0.3, -0.25) is 0 Å². The van der Waals surface area contributed by atoms with E-state index in [1.165, 1.54) is 16.7 Å². The van der Waals surface area contributed by atoms with Crippen molar-refractivity contribution >= 4 is 11.7 Å². The summed E-state index contributed by atoms with van der Waals surface area (Å²) < 4.78 is 5.01. The second-order valence-corrected chi connectivity index (χ2v) is 4.50. The van der Waals surface area contributed by atoms with E-state index in [1.807, 2.05) is 6.92 Å². The third-order valence-corrected chi connectivity index (χ3v) is 3.49. The number of carbonyl (C=O) groups is 1. The quantitative estimate of drug-likeness (QED) is 0.683. The average Bonchev–Trinajstić information content (AvgIpc) is 2.94. The molecule has 3 heteroatoms. The maximum Gasteiger partial charge on any atom is 0.353 e. The Morgan fingerprint density at radius 3 is 3.18 bits per heavy atom. The minimum Gasteiger partial charge on any atom is -0.461 e. The van der Waals surface area contributed by atoms with Crippen molar-refractivity contribution in [2.75, 3.05) is 6.61 Å². The zero-order valence-electron chi connectivity index (χ0n) is 9.95. The molecule has 0 atom stereocenters. The number of hydrogen-bond donors (Lipinski definition) is 0. The van der Waals surface area contributed by atoms with Gasteiger partial charge in [0, 0.05) is 12.1 Å². The first kappa shape index (κ1) is 10.5. The van der Waals surface area contributed by atoms with Gasteiger partial charge in [0.05, 0.1) is 6.61 Å². The maximum atomic E-state index is 11.7. The largest absolute Gasteiger partial charge is 0.461 e. The molecule has 2 aliphatic carbocycles. The van der Waals surface area contributed by atoms with Gasteiger partial charge in [-0.2, -0.15) is 0 Å². The third-order valence-electron chi connectivity index (χ3n) is 3.49. The van der Waals surface area contributed by atoms with Crippen molar-refractivity contribution in [3.05, 3.63) is 34.6 Å². The Labute approximate surface area is 101 Å². The van der Waals surface area contributed by atoms with Crippen LogP contribution < -0.4 is 0 Å². The van der Waals surface area contributed by atoms with Crippen LogP contribution in [0.15, 0.2) is 39.6 Å². The lowest BCUT2D eigenvalue weighted by Gasteiger charge is -2.15. The number of fused-ring (bicyclic) bond motifs is 1. The molecule has 0 radical (unpaired) electrons. The molecule has 0 N–H and O–H groups in total. The van der Waals surface area contributed by atoms with Gasteiger partial charge in [0.25, 0.3) is 0 Å². The molecule has 0 saturated carbocycles. The Morgan fingerprint density at radius 1 is 1.47 bits per heavy atom. The van der Waals surface area contributed by atoms with Gasteiger partial charge < -0.3 is 4.74 Å². The Morgan fingerprint density at radius 2 is 2.35 bits per heavy atom. The van der Waals surface area contributed by atoms with Crippen LogP contribution in [0.4, 0.5) is 0 Å². The molecular formula is C14H15NO2. The maximum absolute atomic E-state index is 11.7. The van der Waals surface area contributed by atoms with Crippen LogP contribution in [0, 0.1) is 0 Å². The van der Waals surface area contributed by atoms with Crippen molar-refractivity contribution in [2.45, 2.75) is 32.6 Å². The van der Waals surface area contributed by atoms with Crippen LogP contribution in [0.1, 0.15) is 32.6 Å². The highest BCUT2D eigenvalue weighted by Gasteiger charge is 2.30. The van der Waals surface area contributed by atoms with Crippen molar-refractivity contribution in [3.63, 3.8) is 0 Å². The standard InChI is InChI=1S/C14H15NO2/c1-2-17-14(16)13-8-11-10-5-3-4-9(10)6-7-12(11)15-13/h3,5H,2,4,6-8H2,1H3. The highest BCUT2D eigenvalue weighted by Crippen LogP contribution is 2.41. The first-order valence-electron chi connectivity index (χ1n) is 6.15. The second kappa shape index (κ2) is 3.99. The normalized spacial score (nSPS) is 21.6. The van der Waals surface area contributed by atoms with Gasteiger partial charge >= 0.3 is 5.97 Å². The van der Waals surface area contributed by atoms with Gasteiger partial charge in [0.1, 0.15) is 5.71 Å². The fourth-order valence-electron chi connectivity index (χ4n) is 2.70. The van der Waals surface area contributed by atoms with Gasteiger partial charge in [0.2, 0.25) is 0 Å². The van der Waals surface area contributed by atoms with E-state index in [9.17, 15) is 4.79 Å². The summed E-state index contributed by atoms with van der Waals surface area (Å²) in [5.41, 5.74) is 5.76. The highest BCUT2D eigenvalue weighted by atomic mass is 16.5. The van der Waals surface area contributed by atoms with Crippen LogP contribution in [0.2, 0.25) is 0 Å². The third kappa shape index (κ3) is 1.66. The van der Waals surface area contributed by atoms with Gasteiger partial charge in [-0.05, 0) is 37.3 Å². The molecule has 88 valence electrons. The topological polar surface area (TPSA) is 38.7 Å². The highest BCUT2D eigenvalue weighted by molar-refractivity contribution is 6.38. The Kier molecular flexibility index (Phi) is 2.46. The van der Waals surface area contributed by atoms with Crippen LogP contribution >= 0.6 is 0 Å². The number of ether oxygens (including phenoxy) is 1. The SMILES string of the molecule is CCOC(=O)C1=NC2=C(C1)C1=C(CC=C1)CC2. The van der Waals surface area contributed by atoms with E-state index in [-0.39, 0.29) is 5.97 Å². The summed E-state index contributed by atoms with van der Waals surface area (Å²) >= 11 is 0. The van der Waals surface area contributed by atoms with Crippen molar-refractivity contribution in [3.8, 4) is 0 Å². The number of carbonyl (C=O) groups excluding carboxylic acids is 1. The summed E-state index contributed by atoms with van der Waals surface area (Å²) in [4.78, 5) is 16.1. The van der Waals surface area contributed by atoms with Crippen LogP contribution in [0.5, 0.6) is 0 Å². The first-order chi connectivity index (χ1) is 8.29. The predicted molar refractivity (Wildman–Crippen MR) is 65.7 cm³/mol. The summed E-state index contributed by atoms with van der Waals surface area (Å²) in [6.45, 7) is 2.23. The molecule has 0 unspecified atom stereocenters. The number of hydrogen-bond acceptors (Lipinski definition) is 3. The minimum absolute atomic E-state index is 0.258. The number of allylic oxidation sites excluding steroid dienone is 6. The minimum atomic E-state index is -0.258. The average molecular weight is 229 g/mol. The van der Waals surface area contributed by atoms with Crippen LogP contribution in [0.25, 0.3) is 0 Å². The van der Waals surface area contributed by atoms with Crippen molar-refractivity contribution in [2.24, 2.45) is 4.99 Å². The van der Waals surface area contributed by atoms with E-state index < -0.39 is 0 Å². The first-order valence-corrected chi connectivity index (χ1v) is 6.15. The molecule has 0 amide bonds. The fraction of sp³-hybridized carbons (Fsp3) is 0.429. The van der Waals surface area contributed by atoms with E-state index in [0.717, 1.165) is 25.0 Å². The van der Waals surface area contributed by atoms with E-state index in [0.29, 0.717) is 18.7 Å². The molecule has 1 aliphatic heterocycles. The second-order valence-electron chi connectivity index (χ2n) is 4.50. The van der Waals surface area contributed by atoms with Crippen LogP contribution in [-0.4, -0.2) is 18.3 Å². The molecule has 0 aromatic carbocycles. The van der Waals surface area contributed by atoms with Gasteiger partial charge in [0.15, 0.2) is 0 Å². The predicted octanol–water partition coefficient (Wildman–Crippen LogP) is 2.70. The molecule has 0 bridgehead atoms. The number of nitrogens with zero attached hydrogens (tertiary/aromatic N) is 1. The van der Waals surface area contributed by atoms with E-state index in [2.05, 4.69) is 17.1 Å². The van der Waals surface area contributed by atoms with Crippen LogP contribution in [0.3, 0.4) is 0 Å². The van der Waals surface area contributed by atoms with E-state index in [1.54, 1.807) is 0 Å². The summed E-state index contributed by atoms with van der Waals surface area (Å²) in [6.07, 6.45) is 8.15. The van der Waals surface area contributed by atoms with E-state index >= 15 is 0 Å². The molecule has 3 nitrogen and oxygen atoms in total. The Hall–Kier alpha value is -1.64. The van der Waals surface area contributed by atoms with E-state index in [4.69, 9.17) is 4.74 Å². The molecule has 17 heavy (non-hydrogen) atoms. The fourth-order valence-corrected chi connectivity index (χ4v) is 2.70. The molecule has 0 saturated heterocycles. The zero-order chi connectivity index (χ0) is 11.8. The lowest BCUT2D eigenvalue weighted by Crippen LogP contribution is -2.16. The monoisotopic (exact) mass is 229 g/mol. The van der Waals surface area contributed by atoms with Crippen molar-refractivity contribution in [1.29, 1.82) is 0 Å². The molecule has 3 aliphatic rings.